The molecule has 0 aliphatic heterocycles. The van der Waals surface area contributed by atoms with Crippen molar-refractivity contribution in [2.75, 3.05) is 4.72 Å². The SMILES string of the molecule is Cc1cc(C(=O)O)c(O)c(S(=O)(=O)Nc2ccc(F)c(F)c2)c1. The average molecular weight is 343 g/mol. The molecule has 6 nitrogen and oxygen atoms in total. The van der Waals surface area contributed by atoms with Crippen molar-refractivity contribution >= 4 is 21.7 Å². The number of carboxylic acids is 1. The zero-order valence-electron chi connectivity index (χ0n) is 11.7. The number of hydrogen-bond acceptors (Lipinski definition) is 4. The fourth-order valence-corrected chi connectivity index (χ4v) is 3.14. The normalized spacial score (nSPS) is 11.3. The molecule has 2 aromatic carbocycles. The van der Waals surface area contributed by atoms with Crippen molar-refractivity contribution in [3.63, 3.8) is 0 Å². The fourth-order valence-electron chi connectivity index (χ4n) is 1.88. The van der Waals surface area contributed by atoms with E-state index in [0.29, 0.717) is 6.07 Å². The molecule has 0 amide bonds. The summed E-state index contributed by atoms with van der Waals surface area (Å²) in [6, 6.07) is 4.50. The summed E-state index contributed by atoms with van der Waals surface area (Å²) in [7, 11) is -4.40. The third-order valence-corrected chi connectivity index (χ3v) is 4.31. The van der Waals surface area contributed by atoms with Crippen LogP contribution in [0.15, 0.2) is 35.2 Å². The lowest BCUT2D eigenvalue weighted by Crippen LogP contribution is -2.15. The van der Waals surface area contributed by atoms with E-state index < -0.39 is 43.8 Å². The number of anilines is 1. The molecule has 0 atom stereocenters. The Balaban J connectivity index is 2.51. The predicted molar refractivity (Wildman–Crippen MR) is 77.0 cm³/mol. The number of aromatic carboxylic acids is 1. The Hall–Kier alpha value is -2.68. The first-order chi connectivity index (χ1) is 10.6. The predicted octanol–water partition coefficient (Wildman–Crippen LogP) is 2.48. The second kappa shape index (κ2) is 5.84. The molecule has 2 rings (SSSR count). The zero-order valence-corrected chi connectivity index (χ0v) is 12.5. The highest BCUT2D eigenvalue weighted by atomic mass is 32.2. The molecule has 0 unspecified atom stereocenters. The number of nitrogens with one attached hydrogen (secondary N) is 1. The highest BCUT2D eigenvalue weighted by molar-refractivity contribution is 7.92. The summed E-state index contributed by atoms with van der Waals surface area (Å²) in [5.41, 5.74) is -0.580. The van der Waals surface area contributed by atoms with Crippen LogP contribution in [0.4, 0.5) is 14.5 Å². The van der Waals surface area contributed by atoms with Gasteiger partial charge in [0.25, 0.3) is 10.0 Å². The number of carboxylic acid groups (broad SMARTS) is 1. The smallest absolute Gasteiger partial charge is 0.339 e. The molecule has 0 aliphatic carbocycles. The Morgan fingerprint density at radius 1 is 1.13 bits per heavy atom. The molecule has 3 N–H and O–H groups in total. The van der Waals surface area contributed by atoms with Crippen LogP contribution >= 0.6 is 0 Å². The monoisotopic (exact) mass is 343 g/mol. The van der Waals surface area contributed by atoms with E-state index in [1.54, 1.807) is 0 Å². The molecule has 122 valence electrons. The molecule has 9 heteroatoms. The van der Waals surface area contributed by atoms with Crippen molar-refractivity contribution in [2.24, 2.45) is 0 Å². The van der Waals surface area contributed by atoms with Gasteiger partial charge < -0.3 is 10.2 Å². The molecule has 0 saturated heterocycles. The van der Waals surface area contributed by atoms with Crippen molar-refractivity contribution in [1.82, 2.24) is 0 Å². The van der Waals surface area contributed by atoms with Crippen LogP contribution in [0, 0.1) is 18.6 Å². The summed E-state index contributed by atoms with van der Waals surface area (Å²) in [6.07, 6.45) is 0. The van der Waals surface area contributed by atoms with Crippen LogP contribution in [0.2, 0.25) is 0 Å². The molecule has 23 heavy (non-hydrogen) atoms. The molecule has 2 aromatic rings. The Morgan fingerprint density at radius 2 is 1.78 bits per heavy atom. The number of halogens is 2. The minimum absolute atomic E-state index is 0.276. The third-order valence-electron chi connectivity index (χ3n) is 2.91. The highest BCUT2D eigenvalue weighted by Gasteiger charge is 2.24. The summed E-state index contributed by atoms with van der Waals surface area (Å²) in [6.45, 7) is 1.45. The number of phenols is 1. The molecular weight excluding hydrogens is 332 g/mol. The van der Waals surface area contributed by atoms with Crippen LogP contribution in [0.25, 0.3) is 0 Å². The highest BCUT2D eigenvalue weighted by Crippen LogP contribution is 2.30. The number of benzene rings is 2. The minimum Gasteiger partial charge on any atom is -0.506 e. The summed E-state index contributed by atoms with van der Waals surface area (Å²) < 4.78 is 52.5. The van der Waals surface area contributed by atoms with Gasteiger partial charge in [-0.3, -0.25) is 4.72 Å². The van der Waals surface area contributed by atoms with Crippen molar-refractivity contribution < 1.29 is 32.2 Å². The van der Waals surface area contributed by atoms with Crippen LogP contribution in [-0.2, 0) is 10.0 Å². The Morgan fingerprint density at radius 3 is 2.35 bits per heavy atom. The quantitative estimate of drug-likeness (QED) is 0.791. The maximum absolute atomic E-state index is 13.1. The van der Waals surface area contributed by atoms with Gasteiger partial charge in [-0.05, 0) is 36.8 Å². The minimum atomic E-state index is -4.40. The number of hydrogen-bond donors (Lipinski definition) is 3. The lowest BCUT2D eigenvalue weighted by molar-refractivity contribution is 0.0693. The maximum Gasteiger partial charge on any atom is 0.339 e. The Bertz CT molecular complexity index is 896. The second-order valence-electron chi connectivity index (χ2n) is 4.70. The first kappa shape index (κ1) is 16.7. The lowest BCUT2D eigenvalue weighted by Gasteiger charge is -2.12. The molecule has 0 spiro atoms. The van der Waals surface area contributed by atoms with Gasteiger partial charge in [-0.25, -0.2) is 22.0 Å². The van der Waals surface area contributed by atoms with E-state index >= 15 is 0 Å². The second-order valence-corrected chi connectivity index (χ2v) is 6.35. The van der Waals surface area contributed by atoms with Crippen molar-refractivity contribution in [1.29, 1.82) is 0 Å². The molecule has 0 aliphatic rings. The number of rotatable bonds is 4. The van der Waals surface area contributed by atoms with Gasteiger partial charge in [-0.2, -0.15) is 0 Å². The molecule has 0 saturated carbocycles. The van der Waals surface area contributed by atoms with Crippen molar-refractivity contribution in [2.45, 2.75) is 11.8 Å². The van der Waals surface area contributed by atoms with Crippen LogP contribution in [0.1, 0.15) is 15.9 Å². The first-order valence-electron chi connectivity index (χ1n) is 6.16. The van der Waals surface area contributed by atoms with E-state index in [2.05, 4.69) is 0 Å². The van der Waals surface area contributed by atoms with Crippen molar-refractivity contribution in [3.05, 3.63) is 53.1 Å². The molecule has 0 aromatic heterocycles. The summed E-state index contributed by atoms with van der Waals surface area (Å²) in [5, 5.41) is 18.8. The third kappa shape index (κ3) is 3.39. The van der Waals surface area contributed by atoms with Gasteiger partial charge in [0.15, 0.2) is 17.4 Å². The summed E-state index contributed by atoms with van der Waals surface area (Å²) in [5.74, 6) is -4.86. The molecular formula is C14H11F2NO5S. The molecule has 0 heterocycles. The zero-order chi connectivity index (χ0) is 17.4. The van der Waals surface area contributed by atoms with E-state index in [0.717, 1.165) is 24.3 Å². The topological polar surface area (TPSA) is 104 Å². The average Bonchev–Trinajstić information content (AvgIpc) is 2.44. The van der Waals surface area contributed by atoms with Gasteiger partial charge in [0.05, 0.1) is 5.69 Å². The first-order valence-corrected chi connectivity index (χ1v) is 7.65. The van der Waals surface area contributed by atoms with Crippen molar-refractivity contribution in [3.8, 4) is 5.75 Å². The van der Waals surface area contributed by atoms with Gasteiger partial charge in [0.2, 0.25) is 0 Å². The van der Waals surface area contributed by atoms with E-state index in [4.69, 9.17) is 5.11 Å². The van der Waals surface area contributed by atoms with Crippen LogP contribution in [-0.4, -0.2) is 24.6 Å². The van der Waals surface area contributed by atoms with Crippen LogP contribution in [0.3, 0.4) is 0 Å². The van der Waals surface area contributed by atoms with Gasteiger partial charge in [-0.15, -0.1) is 0 Å². The largest absolute Gasteiger partial charge is 0.506 e. The molecule has 0 radical (unpaired) electrons. The summed E-state index contributed by atoms with van der Waals surface area (Å²) >= 11 is 0. The molecule has 0 fully saturated rings. The number of aromatic hydroxyl groups is 1. The lowest BCUT2D eigenvalue weighted by atomic mass is 10.1. The van der Waals surface area contributed by atoms with E-state index in [1.165, 1.54) is 6.92 Å². The van der Waals surface area contributed by atoms with E-state index in [9.17, 15) is 27.1 Å². The van der Waals surface area contributed by atoms with Gasteiger partial charge in [-0.1, -0.05) is 0 Å². The van der Waals surface area contributed by atoms with Crippen LogP contribution < -0.4 is 4.72 Å². The number of carbonyl (C=O) groups is 1. The van der Waals surface area contributed by atoms with Crippen LogP contribution in [0.5, 0.6) is 5.75 Å². The standard InChI is InChI=1S/C14H11F2NO5S/c1-7-4-9(14(19)20)13(18)12(5-7)23(21,22)17-8-2-3-10(15)11(16)6-8/h2-6,17-18H,1H3,(H,19,20). The maximum atomic E-state index is 13.1. The summed E-state index contributed by atoms with van der Waals surface area (Å²) in [4.78, 5) is 10.3. The number of sulfonamides is 1. The van der Waals surface area contributed by atoms with E-state index in [1.807, 2.05) is 4.72 Å². The Labute approximate surface area is 130 Å². The Kier molecular flexibility index (Phi) is 4.24. The number of aryl methyl sites for hydroxylation is 1. The van der Waals surface area contributed by atoms with Gasteiger partial charge in [0, 0.05) is 6.07 Å². The fraction of sp³-hybridized carbons (Fsp3) is 0.0714. The van der Waals surface area contributed by atoms with E-state index in [-0.39, 0.29) is 11.3 Å². The van der Waals surface area contributed by atoms with Gasteiger partial charge in [0.1, 0.15) is 10.5 Å². The molecule has 0 bridgehead atoms. The van der Waals surface area contributed by atoms with Gasteiger partial charge >= 0.3 is 5.97 Å².